The molecule has 0 atom stereocenters. The van der Waals surface area contributed by atoms with Crippen LogP contribution in [-0.4, -0.2) is 19.9 Å². The molecule has 0 amide bonds. The van der Waals surface area contributed by atoms with E-state index in [9.17, 15) is 0 Å². The van der Waals surface area contributed by atoms with Crippen LogP contribution >= 0.6 is 0 Å². The maximum absolute atomic E-state index is 5.42. The Bertz CT molecular complexity index is 3010. The number of nitrogens with zero attached hydrogens (tertiary/aromatic N) is 4. The SMILES string of the molecule is c1ccc(-c2nc(-c3ccccc3)nc(-c3cccc(-c4nc5ccccc5c5c6c(ccc45)C(c4ccccc4)(c4ccccc4)c4ccccc4-6)c3)n2)cc1. The van der Waals surface area contributed by atoms with Gasteiger partial charge in [0.25, 0.3) is 0 Å². The van der Waals surface area contributed by atoms with Crippen molar-refractivity contribution >= 4 is 21.7 Å². The highest BCUT2D eigenvalue weighted by Crippen LogP contribution is 2.58. The van der Waals surface area contributed by atoms with Crippen LogP contribution in [0.2, 0.25) is 0 Å². The minimum absolute atomic E-state index is 0.501. The first kappa shape index (κ1) is 32.8. The van der Waals surface area contributed by atoms with Gasteiger partial charge in [-0.2, -0.15) is 0 Å². The van der Waals surface area contributed by atoms with Gasteiger partial charge in [0.05, 0.1) is 16.6 Å². The van der Waals surface area contributed by atoms with E-state index in [2.05, 4.69) is 146 Å². The summed E-state index contributed by atoms with van der Waals surface area (Å²) in [6.45, 7) is 0. The minimum atomic E-state index is -0.501. The summed E-state index contributed by atoms with van der Waals surface area (Å²) in [6.07, 6.45) is 0. The molecular weight excluding hydrogens is 693 g/mol. The van der Waals surface area contributed by atoms with E-state index in [1.54, 1.807) is 0 Å². The van der Waals surface area contributed by atoms with Gasteiger partial charge in [-0.05, 0) is 45.5 Å². The van der Waals surface area contributed by atoms with Crippen molar-refractivity contribution in [2.75, 3.05) is 0 Å². The first-order valence-electron chi connectivity index (χ1n) is 19.3. The lowest BCUT2D eigenvalue weighted by Gasteiger charge is -2.34. The van der Waals surface area contributed by atoms with Crippen LogP contribution in [0, 0.1) is 0 Å². The van der Waals surface area contributed by atoms with Gasteiger partial charge in [-0.3, -0.25) is 0 Å². The zero-order valence-electron chi connectivity index (χ0n) is 30.9. The van der Waals surface area contributed by atoms with Crippen molar-refractivity contribution in [1.82, 2.24) is 19.9 Å². The lowest BCUT2D eigenvalue weighted by molar-refractivity contribution is 0.769. The summed E-state index contributed by atoms with van der Waals surface area (Å²) < 4.78 is 0. The molecule has 0 bridgehead atoms. The van der Waals surface area contributed by atoms with Gasteiger partial charge in [0.2, 0.25) is 0 Å². The maximum Gasteiger partial charge on any atom is 0.164 e. The van der Waals surface area contributed by atoms with E-state index in [4.69, 9.17) is 19.9 Å². The van der Waals surface area contributed by atoms with Crippen LogP contribution in [0.4, 0.5) is 0 Å². The van der Waals surface area contributed by atoms with Crippen molar-refractivity contribution < 1.29 is 0 Å². The Kier molecular flexibility index (Phi) is 7.68. The molecule has 10 aromatic rings. The molecule has 57 heavy (non-hydrogen) atoms. The van der Waals surface area contributed by atoms with E-state index in [0.29, 0.717) is 17.5 Å². The first-order valence-corrected chi connectivity index (χ1v) is 19.3. The number of para-hydroxylation sites is 1. The van der Waals surface area contributed by atoms with Crippen LogP contribution in [0.3, 0.4) is 0 Å². The minimum Gasteiger partial charge on any atom is -0.247 e. The summed E-state index contributed by atoms with van der Waals surface area (Å²) in [6, 6.07) is 72.8. The molecule has 2 heterocycles. The molecule has 2 aromatic heterocycles. The van der Waals surface area contributed by atoms with Crippen LogP contribution in [0.1, 0.15) is 22.3 Å². The van der Waals surface area contributed by atoms with Gasteiger partial charge in [0.15, 0.2) is 17.5 Å². The predicted octanol–water partition coefficient (Wildman–Crippen LogP) is 12.6. The average molecular weight is 727 g/mol. The summed E-state index contributed by atoms with van der Waals surface area (Å²) in [5, 5.41) is 3.44. The van der Waals surface area contributed by atoms with Gasteiger partial charge in [0, 0.05) is 38.4 Å². The van der Waals surface area contributed by atoms with Crippen LogP contribution in [0.25, 0.3) is 78.2 Å². The monoisotopic (exact) mass is 726 g/mol. The summed E-state index contributed by atoms with van der Waals surface area (Å²) in [5.41, 5.74) is 12.7. The lowest BCUT2D eigenvalue weighted by atomic mass is 9.67. The molecule has 0 N–H and O–H groups in total. The molecule has 0 aliphatic heterocycles. The third-order valence-electron chi connectivity index (χ3n) is 11.4. The highest BCUT2D eigenvalue weighted by atomic mass is 15.0. The third-order valence-corrected chi connectivity index (χ3v) is 11.4. The molecule has 1 aliphatic carbocycles. The maximum atomic E-state index is 5.42. The number of rotatable bonds is 6. The zero-order valence-corrected chi connectivity index (χ0v) is 30.9. The third kappa shape index (κ3) is 5.22. The van der Waals surface area contributed by atoms with Crippen LogP contribution < -0.4 is 0 Å². The summed E-state index contributed by atoms with van der Waals surface area (Å²) in [4.78, 5) is 20.4. The molecule has 4 nitrogen and oxygen atoms in total. The van der Waals surface area contributed by atoms with Crippen molar-refractivity contribution in [1.29, 1.82) is 0 Å². The predicted molar refractivity (Wildman–Crippen MR) is 232 cm³/mol. The van der Waals surface area contributed by atoms with Crippen LogP contribution in [0.5, 0.6) is 0 Å². The molecule has 8 aromatic carbocycles. The Balaban J connectivity index is 1.17. The number of hydrogen-bond acceptors (Lipinski definition) is 4. The number of benzene rings is 8. The summed E-state index contributed by atoms with van der Waals surface area (Å²) >= 11 is 0. The molecule has 0 spiro atoms. The number of hydrogen-bond donors (Lipinski definition) is 0. The Labute approximate surface area is 330 Å². The van der Waals surface area contributed by atoms with Crippen molar-refractivity contribution in [3.8, 4) is 56.5 Å². The van der Waals surface area contributed by atoms with Gasteiger partial charge in [-0.15, -0.1) is 0 Å². The second kappa shape index (κ2) is 13.3. The number of fused-ring (bicyclic) bond motifs is 7. The van der Waals surface area contributed by atoms with E-state index >= 15 is 0 Å². The Morgan fingerprint density at radius 2 is 0.842 bits per heavy atom. The molecule has 266 valence electrons. The largest absolute Gasteiger partial charge is 0.247 e. The highest BCUT2D eigenvalue weighted by Gasteiger charge is 2.46. The van der Waals surface area contributed by atoms with Gasteiger partial charge < -0.3 is 0 Å². The van der Waals surface area contributed by atoms with Gasteiger partial charge in [-0.1, -0.05) is 194 Å². The Morgan fingerprint density at radius 1 is 0.333 bits per heavy atom. The standard InChI is InChI=1S/C53H34N4/c1-5-18-35(19-6-1)50-55-51(36-20-7-2-8-21-36)57-52(56-50)38-23-17-22-37(34-38)49-43-32-33-45-48(47(43)42-29-14-16-31-46(42)54-49)41-28-13-15-30-44(41)53(45,39-24-9-3-10-25-39)40-26-11-4-12-27-40/h1-34H. The molecule has 0 radical (unpaired) electrons. The fourth-order valence-electron chi connectivity index (χ4n) is 8.94. The Hall–Kier alpha value is -7.56. The first-order chi connectivity index (χ1) is 28.3. The Morgan fingerprint density at radius 3 is 1.49 bits per heavy atom. The fourth-order valence-corrected chi connectivity index (χ4v) is 8.94. The smallest absolute Gasteiger partial charge is 0.164 e. The molecule has 4 heteroatoms. The topological polar surface area (TPSA) is 51.6 Å². The van der Waals surface area contributed by atoms with Crippen LogP contribution in [-0.2, 0) is 5.41 Å². The molecule has 0 unspecified atom stereocenters. The molecular formula is C53H34N4. The molecule has 0 saturated carbocycles. The van der Waals surface area contributed by atoms with Gasteiger partial charge >= 0.3 is 0 Å². The van der Waals surface area contributed by atoms with Crippen molar-refractivity contribution in [2.45, 2.75) is 5.41 Å². The summed E-state index contributed by atoms with van der Waals surface area (Å²) in [5.74, 6) is 1.88. The van der Waals surface area contributed by atoms with Crippen molar-refractivity contribution in [2.24, 2.45) is 0 Å². The lowest BCUT2D eigenvalue weighted by Crippen LogP contribution is -2.28. The quantitative estimate of drug-likeness (QED) is 0.160. The van der Waals surface area contributed by atoms with Gasteiger partial charge in [-0.25, -0.2) is 19.9 Å². The van der Waals surface area contributed by atoms with Crippen molar-refractivity contribution in [3.05, 3.63) is 229 Å². The van der Waals surface area contributed by atoms with E-state index in [1.807, 2.05) is 60.7 Å². The van der Waals surface area contributed by atoms with Gasteiger partial charge in [0.1, 0.15) is 0 Å². The molecule has 0 fully saturated rings. The van der Waals surface area contributed by atoms with E-state index in [1.165, 1.54) is 38.8 Å². The van der Waals surface area contributed by atoms with E-state index < -0.39 is 5.41 Å². The van der Waals surface area contributed by atoms with Crippen molar-refractivity contribution in [3.63, 3.8) is 0 Å². The second-order valence-electron chi connectivity index (χ2n) is 14.5. The average Bonchev–Trinajstić information content (AvgIpc) is 3.61. The van der Waals surface area contributed by atoms with E-state index in [0.717, 1.165) is 44.2 Å². The summed E-state index contributed by atoms with van der Waals surface area (Å²) in [7, 11) is 0. The number of pyridine rings is 1. The molecule has 1 aliphatic rings. The number of aromatic nitrogens is 4. The van der Waals surface area contributed by atoms with Crippen LogP contribution in [0.15, 0.2) is 206 Å². The molecule has 11 rings (SSSR count). The second-order valence-corrected chi connectivity index (χ2v) is 14.5. The molecule has 0 saturated heterocycles. The highest BCUT2D eigenvalue weighted by molar-refractivity contribution is 6.19. The fraction of sp³-hybridized carbons (Fsp3) is 0.0189. The zero-order chi connectivity index (χ0) is 37.8. The normalized spacial score (nSPS) is 12.7. The van der Waals surface area contributed by atoms with E-state index in [-0.39, 0.29) is 0 Å².